The Bertz CT molecular complexity index is 409. The first-order valence-corrected chi connectivity index (χ1v) is 7.44. The van der Waals surface area contributed by atoms with E-state index in [9.17, 15) is 5.11 Å². The standard InChI is InChI=1S/C15H23ClN2O2/c1-20-11-10-17-6-8-18(9-7-17)12-15(19)13-4-2-3-5-14(13)16/h2-5,15,19H,6-12H2,1H3/t15-/m1/s1. The Balaban J connectivity index is 1.79. The minimum atomic E-state index is -0.519. The first-order valence-electron chi connectivity index (χ1n) is 7.07. The van der Waals surface area contributed by atoms with Gasteiger partial charge in [-0.25, -0.2) is 0 Å². The third-order valence-electron chi connectivity index (χ3n) is 3.77. The maximum Gasteiger partial charge on any atom is 0.0931 e. The van der Waals surface area contributed by atoms with E-state index < -0.39 is 6.10 Å². The second-order valence-electron chi connectivity index (χ2n) is 5.17. The highest BCUT2D eigenvalue weighted by atomic mass is 35.5. The Kier molecular flexibility index (Phi) is 6.26. The molecule has 1 fully saturated rings. The van der Waals surface area contributed by atoms with Crippen LogP contribution >= 0.6 is 11.6 Å². The molecule has 0 aliphatic carbocycles. The molecule has 1 saturated heterocycles. The number of piperazine rings is 1. The normalized spacial score (nSPS) is 19.1. The molecule has 20 heavy (non-hydrogen) atoms. The van der Waals surface area contributed by atoms with Crippen LogP contribution in [-0.4, -0.2) is 67.9 Å². The Morgan fingerprint density at radius 3 is 2.50 bits per heavy atom. The molecular formula is C15H23ClN2O2. The maximum absolute atomic E-state index is 10.3. The van der Waals surface area contributed by atoms with Crippen LogP contribution in [0.5, 0.6) is 0 Å². The summed E-state index contributed by atoms with van der Waals surface area (Å²) in [6.07, 6.45) is -0.519. The van der Waals surface area contributed by atoms with Crippen LogP contribution in [0.4, 0.5) is 0 Å². The van der Waals surface area contributed by atoms with Crippen molar-refractivity contribution >= 4 is 11.6 Å². The van der Waals surface area contributed by atoms with Crippen LogP contribution in [0.25, 0.3) is 0 Å². The SMILES string of the molecule is COCCN1CCN(C[C@@H](O)c2ccccc2Cl)CC1. The summed E-state index contributed by atoms with van der Waals surface area (Å²) < 4.78 is 5.10. The number of aliphatic hydroxyl groups is 1. The van der Waals surface area contributed by atoms with E-state index in [0.29, 0.717) is 11.6 Å². The number of rotatable bonds is 6. The van der Waals surface area contributed by atoms with Gasteiger partial charge in [0.05, 0.1) is 12.7 Å². The van der Waals surface area contributed by atoms with E-state index in [1.807, 2.05) is 24.3 Å². The lowest BCUT2D eigenvalue weighted by Crippen LogP contribution is -2.48. The zero-order valence-electron chi connectivity index (χ0n) is 12.0. The first kappa shape index (κ1) is 15.7. The van der Waals surface area contributed by atoms with Gasteiger partial charge in [0.1, 0.15) is 0 Å². The molecule has 0 radical (unpaired) electrons. The number of β-amino-alcohol motifs (C(OH)–C–C–N with tert-alkyl or cyclic N) is 1. The number of hydrogen-bond acceptors (Lipinski definition) is 4. The average molecular weight is 299 g/mol. The van der Waals surface area contributed by atoms with E-state index in [2.05, 4.69) is 9.80 Å². The summed E-state index contributed by atoms with van der Waals surface area (Å²) in [5.41, 5.74) is 0.816. The van der Waals surface area contributed by atoms with E-state index in [-0.39, 0.29) is 0 Å². The summed E-state index contributed by atoms with van der Waals surface area (Å²) in [5, 5.41) is 10.9. The number of benzene rings is 1. The summed E-state index contributed by atoms with van der Waals surface area (Å²) in [7, 11) is 1.73. The molecule has 1 heterocycles. The van der Waals surface area contributed by atoms with E-state index >= 15 is 0 Å². The molecule has 2 rings (SSSR count). The van der Waals surface area contributed by atoms with Gasteiger partial charge < -0.3 is 9.84 Å². The predicted octanol–water partition coefficient (Wildman–Crippen LogP) is 1.64. The van der Waals surface area contributed by atoms with Crippen LogP contribution in [-0.2, 0) is 4.74 Å². The zero-order chi connectivity index (χ0) is 14.4. The lowest BCUT2D eigenvalue weighted by molar-refractivity contribution is 0.0612. The van der Waals surface area contributed by atoms with Gasteiger partial charge in [-0.1, -0.05) is 29.8 Å². The monoisotopic (exact) mass is 298 g/mol. The summed E-state index contributed by atoms with van der Waals surface area (Å²) in [4.78, 5) is 4.68. The fourth-order valence-corrected chi connectivity index (χ4v) is 2.77. The van der Waals surface area contributed by atoms with E-state index in [0.717, 1.165) is 44.9 Å². The van der Waals surface area contributed by atoms with Crippen molar-refractivity contribution in [1.29, 1.82) is 0 Å². The van der Waals surface area contributed by atoms with Crippen LogP contribution in [0.15, 0.2) is 24.3 Å². The molecule has 0 bridgehead atoms. The van der Waals surface area contributed by atoms with Gasteiger partial charge in [-0.3, -0.25) is 9.80 Å². The van der Waals surface area contributed by atoms with E-state index in [1.54, 1.807) is 7.11 Å². The lowest BCUT2D eigenvalue weighted by Gasteiger charge is -2.35. The highest BCUT2D eigenvalue weighted by Gasteiger charge is 2.20. The molecule has 112 valence electrons. The third-order valence-corrected chi connectivity index (χ3v) is 4.12. The topological polar surface area (TPSA) is 35.9 Å². The van der Waals surface area contributed by atoms with Crippen molar-refractivity contribution < 1.29 is 9.84 Å². The summed E-state index contributed by atoms with van der Waals surface area (Å²) >= 11 is 6.12. The molecular weight excluding hydrogens is 276 g/mol. The fraction of sp³-hybridized carbons (Fsp3) is 0.600. The lowest BCUT2D eigenvalue weighted by atomic mass is 10.1. The second-order valence-corrected chi connectivity index (χ2v) is 5.58. The van der Waals surface area contributed by atoms with Crippen molar-refractivity contribution in [2.45, 2.75) is 6.10 Å². The van der Waals surface area contributed by atoms with Crippen molar-refractivity contribution in [3.05, 3.63) is 34.9 Å². The maximum atomic E-state index is 10.3. The van der Waals surface area contributed by atoms with Gasteiger partial charge in [-0.2, -0.15) is 0 Å². The van der Waals surface area contributed by atoms with Crippen LogP contribution < -0.4 is 0 Å². The smallest absolute Gasteiger partial charge is 0.0931 e. The number of methoxy groups -OCH3 is 1. The largest absolute Gasteiger partial charge is 0.387 e. The number of nitrogens with zero attached hydrogens (tertiary/aromatic N) is 2. The van der Waals surface area contributed by atoms with Crippen LogP contribution in [0.2, 0.25) is 5.02 Å². The van der Waals surface area contributed by atoms with E-state index in [4.69, 9.17) is 16.3 Å². The van der Waals surface area contributed by atoms with Gasteiger partial charge in [0.15, 0.2) is 0 Å². The van der Waals surface area contributed by atoms with Gasteiger partial charge in [0.2, 0.25) is 0 Å². The molecule has 0 spiro atoms. The highest BCUT2D eigenvalue weighted by molar-refractivity contribution is 6.31. The first-order chi connectivity index (χ1) is 9.70. The van der Waals surface area contributed by atoms with Crippen molar-refractivity contribution in [3.63, 3.8) is 0 Å². The highest BCUT2D eigenvalue weighted by Crippen LogP contribution is 2.23. The molecule has 4 nitrogen and oxygen atoms in total. The predicted molar refractivity (Wildman–Crippen MR) is 81.2 cm³/mol. The van der Waals surface area contributed by atoms with Crippen LogP contribution in [0, 0.1) is 0 Å². The summed E-state index contributed by atoms with van der Waals surface area (Å²) in [5.74, 6) is 0. The molecule has 1 aromatic carbocycles. The average Bonchev–Trinajstić information content (AvgIpc) is 2.47. The third kappa shape index (κ3) is 4.43. The van der Waals surface area contributed by atoms with Gasteiger partial charge in [0, 0.05) is 57.0 Å². The molecule has 1 aromatic rings. The van der Waals surface area contributed by atoms with Crippen molar-refractivity contribution in [1.82, 2.24) is 9.80 Å². The van der Waals surface area contributed by atoms with Crippen molar-refractivity contribution in [3.8, 4) is 0 Å². The molecule has 1 aliphatic rings. The summed E-state index contributed by atoms with van der Waals surface area (Å²) in [6.45, 7) is 6.41. The molecule has 0 saturated carbocycles. The van der Waals surface area contributed by atoms with Gasteiger partial charge in [0.25, 0.3) is 0 Å². The zero-order valence-corrected chi connectivity index (χ0v) is 12.7. The molecule has 5 heteroatoms. The number of aliphatic hydroxyl groups excluding tert-OH is 1. The van der Waals surface area contributed by atoms with Crippen LogP contribution in [0.1, 0.15) is 11.7 Å². The minimum absolute atomic E-state index is 0.519. The fourth-order valence-electron chi connectivity index (χ4n) is 2.50. The minimum Gasteiger partial charge on any atom is -0.387 e. The quantitative estimate of drug-likeness (QED) is 0.866. The molecule has 1 aliphatic heterocycles. The molecule has 0 aromatic heterocycles. The number of hydrogen-bond donors (Lipinski definition) is 1. The summed E-state index contributed by atoms with van der Waals surface area (Å²) in [6, 6.07) is 7.50. The Labute approximate surface area is 125 Å². The Morgan fingerprint density at radius 1 is 1.20 bits per heavy atom. The number of ether oxygens (including phenoxy) is 1. The molecule has 0 amide bonds. The molecule has 1 N–H and O–H groups in total. The van der Waals surface area contributed by atoms with Crippen molar-refractivity contribution in [2.24, 2.45) is 0 Å². The molecule has 0 unspecified atom stereocenters. The Hall–Kier alpha value is -0.650. The van der Waals surface area contributed by atoms with Crippen molar-refractivity contribution in [2.75, 3.05) is 53.0 Å². The Morgan fingerprint density at radius 2 is 1.85 bits per heavy atom. The van der Waals surface area contributed by atoms with Gasteiger partial charge >= 0.3 is 0 Å². The van der Waals surface area contributed by atoms with E-state index in [1.165, 1.54) is 0 Å². The molecule has 1 atom stereocenters. The van der Waals surface area contributed by atoms with Crippen LogP contribution in [0.3, 0.4) is 0 Å². The van der Waals surface area contributed by atoms with Gasteiger partial charge in [-0.15, -0.1) is 0 Å². The number of halogens is 1. The second kappa shape index (κ2) is 7.96. The van der Waals surface area contributed by atoms with Gasteiger partial charge in [-0.05, 0) is 6.07 Å².